The first kappa shape index (κ1) is 19.7. The van der Waals surface area contributed by atoms with Crippen LogP contribution in [0.15, 0.2) is 30.0 Å². The van der Waals surface area contributed by atoms with Crippen molar-refractivity contribution in [3.63, 3.8) is 0 Å². The fourth-order valence-corrected chi connectivity index (χ4v) is 1.60. The first-order chi connectivity index (χ1) is 11.6. The monoisotopic (exact) mass is 346 g/mol. The second kappa shape index (κ2) is 8.49. The summed E-state index contributed by atoms with van der Waals surface area (Å²) < 4.78 is 13.8. The van der Waals surface area contributed by atoms with Crippen molar-refractivity contribution in [3.8, 4) is 6.07 Å². The lowest BCUT2D eigenvalue weighted by Crippen LogP contribution is -2.33. The summed E-state index contributed by atoms with van der Waals surface area (Å²) in [5, 5.41) is 11.0. The second-order valence-corrected chi connectivity index (χ2v) is 5.77. The molecule has 132 valence electrons. The average molecular weight is 346 g/mol. The maximum Gasteiger partial charge on any atom is 0.517 e. The van der Waals surface area contributed by atoms with Crippen LogP contribution < -0.4 is 5.32 Å². The Bertz CT molecular complexity index is 740. The molecule has 0 spiro atoms. The van der Waals surface area contributed by atoms with Crippen LogP contribution in [0.5, 0.6) is 0 Å². The van der Waals surface area contributed by atoms with Crippen LogP contribution in [0, 0.1) is 11.3 Å². The molecule has 0 bridgehead atoms. The van der Waals surface area contributed by atoms with E-state index in [1.807, 2.05) is 6.07 Å². The van der Waals surface area contributed by atoms with E-state index in [4.69, 9.17) is 10.00 Å². The molecule has 0 unspecified atom stereocenters. The van der Waals surface area contributed by atoms with Crippen LogP contribution in [-0.2, 0) is 19.0 Å². The van der Waals surface area contributed by atoms with E-state index in [9.17, 15) is 14.4 Å². The van der Waals surface area contributed by atoms with Crippen LogP contribution in [0.1, 0.15) is 31.9 Å². The van der Waals surface area contributed by atoms with Gasteiger partial charge in [-0.1, -0.05) is 12.1 Å². The Hall–Kier alpha value is -3.34. The van der Waals surface area contributed by atoms with Gasteiger partial charge in [-0.2, -0.15) is 5.26 Å². The van der Waals surface area contributed by atoms with Crippen LogP contribution in [0.25, 0.3) is 6.08 Å². The molecule has 1 aromatic carbocycles. The van der Waals surface area contributed by atoms with Crippen molar-refractivity contribution in [1.29, 1.82) is 5.26 Å². The van der Waals surface area contributed by atoms with Gasteiger partial charge in [0, 0.05) is 0 Å². The zero-order chi connectivity index (χ0) is 19.0. The standard InChI is InChI=1S/C17H18N2O6/c1-17(2,3)25-16(22)24-15(21)19-13(14(20)23-4)9-11-6-5-7-12(8-11)10-18/h5-9H,1-4H3,(H,19,21)/b13-9-. The predicted octanol–water partition coefficient (Wildman–Crippen LogP) is 2.73. The number of nitrogens with one attached hydrogen (secondary N) is 1. The number of rotatable bonds is 3. The first-order valence-corrected chi connectivity index (χ1v) is 7.16. The van der Waals surface area contributed by atoms with E-state index in [2.05, 4.69) is 14.8 Å². The van der Waals surface area contributed by atoms with Gasteiger partial charge in [0.15, 0.2) is 0 Å². The number of amides is 1. The van der Waals surface area contributed by atoms with Crippen LogP contribution in [0.4, 0.5) is 9.59 Å². The number of carbonyl (C=O) groups is 3. The Labute approximate surface area is 145 Å². The first-order valence-electron chi connectivity index (χ1n) is 7.16. The van der Waals surface area contributed by atoms with Crippen LogP contribution in [-0.4, -0.2) is 30.9 Å². The Balaban J connectivity index is 2.91. The Morgan fingerprint density at radius 1 is 1.24 bits per heavy atom. The number of benzene rings is 1. The highest BCUT2D eigenvalue weighted by Crippen LogP contribution is 2.11. The zero-order valence-electron chi connectivity index (χ0n) is 14.3. The minimum atomic E-state index is -1.21. The fourth-order valence-electron chi connectivity index (χ4n) is 1.60. The average Bonchev–Trinajstić information content (AvgIpc) is 2.51. The molecule has 8 nitrogen and oxygen atoms in total. The number of nitriles is 1. The highest BCUT2D eigenvalue weighted by molar-refractivity contribution is 5.97. The molecule has 0 fully saturated rings. The third-order valence-electron chi connectivity index (χ3n) is 2.53. The van der Waals surface area contributed by atoms with E-state index >= 15 is 0 Å². The van der Waals surface area contributed by atoms with Crippen molar-refractivity contribution >= 4 is 24.3 Å². The minimum absolute atomic E-state index is 0.272. The SMILES string of the molecule is COC(=O)/C(=C/c1cccc(C#N)c1)NC(=O)OC(=O)OC(C)(C)C. The number of esters is 1. The van der Waals surface area contributed by atoms with Crippen molar-refractivity contribution in [3.05, 3.63) is 41.1 Å². The molecule has 0 aliphatic heterocycles. The van der Waals surface area contributed by atoms with Crippen molar-refractivity contribution in [2.45, 2.75) is 26.4 Å². The normalized spacial score (nSPS) is 11.1. The van der Waals surface area contributed by atoms with Crippen LogP contribution in [0.3, 0.4) is 0 Å². The number of carbonyl (C=O) groups excluding carboxylic acids is 3. The lowest BCUT2D eigenvalue weighted by atomic mass is 10.1. The molecule has 0 aliphatic carbocycles. The van der Waals surface area contributed by atoms with Crippen molar-refractivity contribution in [2.75, 3.05) is 7.11 Å². The molecule has 1 rings (SSSR count). The second-order valence-electron chi connectivity index (χ2n) is 5.77. The maximum atomic E-state index is 11.8. The molecule has 0 saturated heterocycles. The maximum absolute atomic E-state index is 11.8. The molecular formula is C17H18N2O6. The minimum Gasteiger partial charge on any atom is -0.464 e. The molecule has 0 atom stereocenters. The summed E-state index contributed by atoms with van der Waals surface area (Å²) in [6.07, 6.45) is -1.13. The summed E-state index contributed by atoms with van der Waals surface area (Å²) in [5.74, 6) is -0.858. The number of ether oxygens (including phenoxy) is 3. The Morgan fingerprint density at radius 3 is 2.48 bits per heavy atom. The van der Waals surface area contributed by atoms with Gasteiger partial charge in [0.05, 0.1) is 18.7 Å². The number of nitrogens with zero attached hydrogens (tertiary/aromatic N) is 1. The number of hydrogen-bond donors (Lipinski definition) is 1. The third kappa shape index (κ3) is 7.18. The van der Waals surface area contributed by atoms with E-state index in [0.29, 0.717) is 11.1 Å². The molecule has 1 N–H and O–H groups in total. The molecule has 25 heavy (non-hydrogen) atoms. The van der Waals surface area contributed by atoms with Gasteiger partial charge in [-0.05, 0) is 44.5 Å². The lowest BCUT2D eigenvalue weighted by Gasteiger charge is -2.18. The molecule has 1 aromatic rings. The van der Waals surface area contributed by atoms with E-state index in [0.717, 1.165) is 7.11 Å². The van der Waals surface area contributed by atoms with E-state index in [1.54, 1.807) is 39.0 Å². The summed E-state index contributed by atoms with van der Waals surface area (Å²) in [5.41, 5.74) is -0.270. The van der Waals surface area contributed by atoms with Crippen molar-refractivity contribution < 1.29 is 28.6 Å². The summed E-state index contributed by atoms with van der Waals surface area (Å²) in [7, 11) is 1.13. The van der Waals surface area contributed by atoms with Gasteiger partial charge in [-0.3, -0.25) is 5.32 Å². The molecule has 8 heteroatoms. The zero-order valence-corrected chi connectivity index (χ0v) is 14.3. The predicted molar refractivity (Wildman–Crippen MR) is 87.0 cm³/mol. The molecule has 0 aliphatic rings. The van der Waals surface area contributed by atoms with Gasteiger partial charge in [-0.15, -0.1) is 0 Å². The van der Waals surface area contributed by atoms with Gasteiger partial charge >= 0.3 is 18.2 Å². The van der Waals surface area contributed by atoms with Gasteiger partial charge in [0.25, 0.3) is 0 Å². The van der Waals surface area contributed by atoms with E-state index < -0.39 is 23.8 Å². The molecule has 0 aromatic heterocycles. The molecule has 0 heterocycles. The summed E-state index contributed by atoms with van der Waals surface area (Å²) in [6.45, 7) is 4.82. The van der Waals surface area contributed by atoms with Gasteiger partial charge in [-0.25, -0.2) is 14.4 Å². The lowest BCUT2D eigenvalue weighted by molar-refractivity contribution is -0.136. The molecular weight excluding hydrogens is 328 g/mol. The quantitative estimate of drug-likeness (QED) is 0.508. The molecule has 1 amide bonds. The van der Waals surface area contributed by atoms with Gasteiger partial charge < -0.3 is 14.2 Å². The number of alkyl carbamates (subject to hydrolysis) is 1. The highest BCUT2D eigenvalue weighted by atomic mass is 16.8. The van der Waals surface area contributed by atoms with E-state index in [1.165, 1.54) is 12.1 Å². The number of hydrogen-bond acceptors (Lipinski definition) is 7. The van der Waals surface area contributed by atoms with Crippen molar-refractivity contribution in [1.82, 2.24) is 5.32 Å². The highest BCUT2D eigenvalue weighted by Gasteiger charge is 2.22. The summed E-state index contributed by atoms with van der Waals surface area (Å²) in [4.78, 5) is 35.0. The largest absolute Gasteiger partial charge is 0.517 e. The summed E-state index contributed by atoms with van der Waals surface area (Å²) in [6, 6.07) is 8.27. The Kier molecular flexibility index (Phi) is 6.70. The van der Waals surface area contributed by atoms with Crippen LogP contribution in [0.2, 0.25) is 0 Å². The smallest absolute Gasteiger partial charge is 0.464 e. The third-order valence-corrected chi connectivity index (χ3v) is 2.53. The fraction of sp³-hybridized carbons (Fsp3) is 0.294. The summed E-state index contributed by atoms with van der Waals surface area (Å²) >= 11 is 0. The van der Waals surface area contributed by atoms with Crippen LogP contribution >= 0.6 is 0 Å². The van der Waals surface area contributed by atoms with Gasteiger partial charge in [0.2, 0.25) is 0 Å². The molecule has 0 radical (unpaired) electrons. The topological polar surface area (TPSA) is 115 Å². The van der Waals surface area contributed by atoms with E-state index in [-0.39, 0.29) is 5.70 Å². The number of methoxy groups -OCH3 is 1. The molecule has 0 saturated carbocycles. The Morgan fingerprint density at radius 2 is 1.92 bits per heavy atom. The van der Waals surface area contributed by atoms with Crippen molar-refractivity contribution in [2.24, 2.45) is 0 Å². The van der Waals surface area contributed by atoms with Gasteiger partial charge in [0.1, 0.15) is 11.3 Å².